The SMILES string of the molecule is COC(=O)C(Br)CNC(=O)c1ccncc1OC. The summed E-state index contributed by atoms with van der Waals surface area (Å²) in [6.07, 6.45) is 2.93. The molecule has 0 aliphatic heterocycles. The normalized spacial score (nSPS) is 11.5. The average Bonchev–Trinajstić information content (AvgIpc) is 2.43. The number of esters is 1. The maximum atomic E-state index is 11.8. The van der Waals surface area contributed by atoms with Crippen LogP contribution in [0.25, 0.3) is 0 Å². The van der Waals surface area contributed by atoms with E-state index in [4.69, 9.17) is 4.74 Å². The van der Waals surface area contributed by atoms with Gasteiger partial charge < -0.3 is 14.8 Å². The summed E-state index contributed by atoms with van der Waals surface area (Å²) in [5.74, 6) is -0.418. The predicted molar refractivity (Wildman–Crippen MR) is 67.9 cm³/mol. The zero-order chi connectivity index (χ0) is 13.5. The van der Waals surface area contributed by atoms with Crippen LogP contribution >= 0.6 is 15.9 Å². The Balaban J connectivity index is 2.63. The van der Waals surface area contributed by atoms with E-state index in [-0.39, 0.29) is 12.5 Å². The molecule has 1 aromatic rings. The summed E-state index contributed by atoms with van der Waals surface area (Å²) in [6, 6.07) is 1.54. The Hall–Kier alpha value is -1.63. The molecule has 1 unspecified atom stereocenters. The van der Waals surface area contributed by atoms with Crippen molar-refractivity contribution >= 4 is 27.8 Å². The van der Waals surface area contributed by atoms with Crippen LogP contribution in [0.3, 0.4) is 0 Å². The third-order valence-corrected chi connectivity index (χ3v) is 2.85. The molecule has 1 atom stereocenters. The molecule has 0 aliphatic rings. The number of carbonyl (C=O) groups is 2. The fourth-order valence-corrected chi connectivity index (χ4v) is 1.57. The number of nitrogens with zero attached hydrogens (tertiary/aromatic N) is 1. The highest BCUT2D eigenvalue weighted by molar-refractivity contribution is 9.10. The van der Waals surface area contributed by atoms with Gasteiger partial charge in [0.15, 0.2) is 0 Å². The summed E-state index contributed by atoms with van der Waals surface area (Å²) in [6.45, 7) is 0.122. The number of nitrogens with one attached hydrogen (secondary N) is 1. The van der Waals surface area contributed by atoms with E-state index in [0.717, 1.165) is 0 Å². The molecule has 98 valence electrons. The van der Waals surface area contributed by atoms with Crippen molar-refractivity contribution in [3.63, 3.8) is 0 Å². The molecule has 0 saturated heterocycles. The molecule has 0 aromatic carbocycles. The van der Waals surface area contributed by atoms with Crippen molar-refractivity contribution in [1.29, 1.82) is 0 Å². The first kappa shape index (κ1) is 14.4. The molecule has 1 rings (SSSR count). The molecule has 0 aliphatic carbocycles. The summed E-state index contributed by atoms with van der Waals surface area (Å²) < 4.78 is 9.54. The minimum absolute atomic E-state index is 0.122. The molecule has 0 saturated carbocycles. The van der Waals surface area contributed by atoms with E-state index >= 15 is 0 Å². The smallest absolute Gasteiger partial charge is 0.321 e. The van der Waals surface area contributed by atoms with Gasteiger partial charge in [0.1, 0.15) is 10.6 Å². The summed E-state index contributed by atoms with van der Waals surface area (Å²) in [4.78, 5) is 26.2. The Kier molecular flexibility index (Phi) is 5.57. The largest absolute Gasteiger partial charge is 0.494 e. The lowest BCUT2D eigenvalue weighted by Gasteiger charge is -2.10. The van der Waals surface area contributed by atoms with Crippen LogP contribution in [-0.4, -0.2) is 42.5 Å². The standard InChI is InChI=1S/C11H13BrN2O4/c1-17-9-6-13-4-3-7(9)10(15)14-5-8(12)11(16)18-2/h3-4,6,8H,5H2,1-2H3,(H,14,15). The van der Waals surface area contributed by atoms with Gasteiger partial charge in [-0.05, 0) is 6.07 Å². The first-order chi connectivity index (χ1) is 8.60. The van der Waals surface area contributed by atoms with Crippen LogP contribution in [0.4, 0.5) is 0 Å². The van der Waals surface area contributed by atoms with Crippen molar-refractivity contribution in [1.82, 2.24) is 10.3 Å². The van der Waals surface area contributed by atoms with Gasteiger partial charge in [-0.1, -0.05) is 15.9 Å². The van der Waals surface area contributed by atoms with Crippen LogP contribution in [0.5, 0.6) is 5.75 Å². The van der Waals surface area contributed by atoms with Gasteiger partial charge >= 0.3 is 5.97 Å². The first-order valence-electron chi connectivity index (χ1n) is 5.08. The van der Waals surface area contributed by atoms with Gasteiger partial charge in [-0.2, -0.15) is 0 Å². The van der Waals surface area contributed by atoms with E-state index in [2.05, 4.69) is 31.0 Å². The van der Waals surface area contributed by atoms with E-state index in [0.29, 0.717) is 11.3 Å². The van der Waals surface area contributed by atoms with E-state index in [1.807, 2.05) is 0 Å². The highest BCUT2D eigenvalue weighted by atomic mass is 79.9. The highest BCUT2D eigenvalue weighted by Crippen LogP contribution is 2.15. The monoisotopic (exact) mass is 316 g/mol. The van der Waals surface area contributed by atoms with Gasteiger partial charge in [-0.3, -0.25) is 14.6 Å². The number of pyridine rings is 1. The van der Waals surface area contributed by atoms with Gasteiger partial charge in [0.25, 0.3) is 5.91 Å². The fraction of sp³-hybridized carbons (Fsp3) is 0.364. The molecule has 7 heteroatoms. The Morgan fingerprint density at radius 3 is 2.83 bits per heavy atom. The Morgan fingerprint density at radius 2 is 2.22 bits per heavy atom. The van der Waals surface area contributed by atoms with Crippen molar-refractivity contribution in [3.8, 4) is 5.75 Å². The number of alkyl halides is 1. The van der Waals surface area contributed by atoms with Gasteiger partial charge in [0.2, 0.25) is 0 Å². The quantitative estimate of drug-likeness (QED) is 0.641. The number of amides is 1. The Morgan fingerprint density at radius 1 is 1.50 bits per heavy atom. The lowest BCUT2D eigenvalue weighted by Crippen LogP contribution is -2.34. The molecule has 1 heterocycles. The summed E-state index contributed by atoms with van der Waals surface area (Å²) in [7, 11) is 2.74. The molecule has 6 nitrogen and oxygen atoms in total. The van der Waals surface area contributed by atoms with Crippen molar-refractivity contribution in [3.05, 3.63) is 24.0 Å². The molecule has 1 amide bonds. The Labute approximate surface area is 113 Å². The summed E-state index contributed by atoms with van der Waals surface area (Å²) in [5.41, 5.74) is 0.358. The summed E-state index contributed by atoms with van der Waals surface area (Å²) >= 11 is 3.11. The van der Waals surface area contributed by atoms with Crippen LogP contribution in [0, 0.1) is 0 Å². The number of aromatic nitrogens is 1. The minimum Gasteiger partial charge on any atom is -0.494 e. The Bertz CT molecular complexity index is 439. The number of methoxy groups -OCH3 is 2. The van der Waals surface area contributed by atoms with Crippen molar-refractivity contribution in [2.75, 3.05) is 20.8 Å². The molecule has 1 aromatic heterocycles. The predicted octanol–water partition coefficient (Wildman–Crippen LogP) is 0.756. The van der Waals surface area contributed by atoms with Crippen LogP contribution in [0.15, 0.2) is 18.5 Å². The van der Waals surface area contributed by atoms with Crippen LogP contribution in [0.1, 0.15) is 10.4 Å². The van der Waals surface area contributed by atoms with E-state index in [1.54, 1.807) is 0 Å². The summed E-state index contributed by atoms with van der Waals surface area (Å²) in [5, 5.41) is 2.59. The molecule has 1 N–H and O–H groups in total. The van der Waals surface area contributed by atoms with E-state index in [9.17, 15) is 9.59 Å². The second-order valence-electron chi connectivity index (χ2n) is 3.28. The fourth-order valence-electron chi connectivity index (χ4n) is 1.22. The molecule has 0 radical (unpaired) electrons. The van der Waals surface area contributed by atoms with E-state index in [1.165, 1.54) is 32.7 Å². The number of halogens is 1. The van der Waals surface area contributed by atoms with Crippen molar-refractivity contribution < 1.29 is 19.1 Å². The second-order valence-corrected chi connectivity index (χ2v) is 4.38. The first-order valence-corrected chi connectivity index (χ1v) is 5.99. The third kappa shape index (κ3) is 3.69. The number of rotatable bonds is 5. The lowest BCUT2D eigenvalue weighted by molar-refractivity contribution is -0.139. The number of carbonyl (C=O) groups excluding carboxylic acids is 2. The molecule has 18 heavy (non-hydrogen) atoms. The average molecular weight is 317 g/mol. The highest BCUT2D eigenvalue weighted by Gasteiger charge is 2.18. The van der Waals surface area contributed by atoms with E-state index < -0.39 is 10.8 Å². The lowest BCUT2D eigenvalue weighted by atomic mass is 10.2. The van der Waals surface area contributed by atoms with Crippen molar-refractivity contribution in [2.24, 2.45) is 0 Å². The molecule has 0 fully saturated rings. The van der Waals surface area contributed by atoms with Gasteiger partial charge in [-0.25, -0.2) is 0 Å². The molecule has 0 bridgehead atoms. The molecule has 0 spiro atoms. The number of ether oxygens (including phenoxy) is 2. The van der Waals surface area contributed by atoms with Crippen molar-refractivity contribution in [2.45, 2.75) is 4.83 Å². The van der Waals surface area contributed by atoms with Crippen LogP contribution in [-0.2, 0) is 9.53 Å². The number of hydrogen-bond acceptors (Lipinski definition) is 5. The maximum Gasteiger partial charge on any atom is 0.321 e. The molecular formula is C11H13BrN2O4. The van der Waals surface area contributed by atoms with Crippen LogP contribution < -0.4 is 10.1 Å². The second kappa shape index (κ2) is 6.95. The zero-order valence-electron chi connectivity index (χ0n) is 9.97. The van der Waals surface area contributed by atoms with Gasteiger partial charge in [-0.15, -0.1) is 0 Å². The maximum absolute atomic E-state index is 11.8. The minimum atomic E-state index is -0.584. The zero-order valence-corrected chi connectivity index (χ0v) is 11.6. The van der Waals surface area contributed by atoms with Gasteiger partial charge in [0.05, 0.1) is 26.0 Å². The van der Waals surface area contributed by atoms with Gasteiger partial charge in [0, 0.05) is 12.7 Å². The number of hydrogen-bond donors (Lipinski definition) is 1. The van der Waals surface area contributed by atoms with Crippen LogP contribution in [0.2, 0.25) is 0 Å². The topological polar surface area (TPSA) is 77.5 Å². The molecular weight excluding hydrogens is 304 g/mol. The third-order valence-electron chi connectivity index (χ3n) is 2.15.